The van der Waals surface area contributed by atoms with Crippen LogP contribution in [0.2, 0.25) is 5.02 Å². The minimum atomic E-state index is -0.0367. The minimum Gasteiger partial charge on any atom is -0.454 e. The molecule has 1 heterocycles. The number of nitrogens with zero attached hydrogens (tertiary/aromatic N) is 1. The van der Waals surface area contributed by atoms with Crippen molar-refractivity contribution in [1.29, 1.82) is 0 Å². The lowest BCUT2D eigenvalue weighted by molar-refractivity contribution is 0.479. The summed E-state index contributed by atoms with van der Waals surface area (Å²) in [5.74, 6) is 1.23. The fourth-order valence-electron chi connectivity index (χ4n) is 1.57. The van der Waals surface area contributed by atoms with E-state index in [1.54, 1.807) is 18.3 Å². The third-order valence-electron chi connectivity index (χ3n) is 2.70. The summed E-state index contributed by atoms with van der Waals surface area (Å²) in [6.07, 6.45) is 2.51. The fourth-order valence-corrected chi connectivity index (χ4v) is 2.28. The lowest BCUT2D eigenvalue weighted by atomic mass is 10.1. The molecule has 3 nitrogen and oxygen atoms in total. The zero-order valence-electron chi connectivity index (χ0n) is 10.4. The van der Waals surface area contributed by atoms with Crippen LogP contribution in [0.3, 0.4) is 0 Å². The second-order valence-corrected chi connectivity index (χ2v) is 5.43. The summed E-state index contributed by atoms with van der Waals surface area (Å²) < 4.78 is 6.59. The average molecular weight is 342 g/mol. The quantitative estimate of drug-likeness (QED) is 0.877. The van der Waals surface area contributed by atoms with Crippen molar-refractivity contribution < 1.29 is 4.74 Å². The minimum absolute atomic E-state index is 0.0367. The van der Waals surface area contributed by atoms with Crippen molar-refractivity contribution in [3.05, 3.63) is 51.7 Å². The van der Waals surface area contributed by atoms with E-state index in [4.69, 9.17) is 22.1 Å². The van der Waals surface area contributed by atoms with Crippen molar-refractivity contribution in [3.63, 3.8) is 0 Å². The summed E-state index contributed by atoms with van der Waals surface area (Å²) in [6, 6.07) is 9.14. The van der Waals surface area contributed by atoms with Crippen molar-refractivity contribution in [3.8, 4) is 11.5 Å². The number of hydrogen-bond acceptors (Lipinski definition) is 3. The predicted molar refractivity (Wildman–Crippen MR) is 80.7 cm³/mol. The number of aromatic nitrogens is 1. The Labute approximate surface area is 125 Å². The Balaban J connectivity index is 2.15. The molecule has 0 radical (unpaired) electrons. The Hall–Kier alpha value is -1.10. The van der Waals surface area contributed by atoms with E-state index in [1.165, 1.54) is 0 Å². The first-order chi connectivity index (χ1) is 9.10. The first kappa shape index (κ1) is 14.3. The van der Waals surface area contributed by atoms with Gasteiger partial charge < -0.3 is 10.5 Å². The third-order valence-corrected chi connectivity index (χ3v) is 3.49. The zero-order valence-corrected chi connectivity index (χ0v) is 12.8. The maximum Gasteiger partial charge on any atom is 0.146 e. The van der Waals surface area contributed by atoms with Crippen LogP contribution in [0, 0.1) is 0 Å². The summed E-state index contributed by atoms with van der Waals surface area (Å²) in [5, 5.41) is 0.545. The topological polar surface area (TPSA) is 48.1 Å². The van der Waals surface area contributed by atoms with Gasteiger partial charge in [-0.25, -0.2) is 0 Å². The smallest absolute Gasteiger partial charge is 0.146 e. The highest BCUT2D eigenvalue weighted by atomic mass is 79.9. The van der Waals surface area contributed by atoms with Gasteiger partial charge >= 0.3 is 0 Å². The van der Waals surface area contributed by atoms with E-state index in [0.29, 0.717) is 16.5 Å². The molecular formula is C14H14BrClN2O. The van der Waals surface area contributed by atoms with Gasteiger partial charge in [-0.1, -0.05) is 34.5 Å². The highest BCUT2D eigenvalue weighted by Gasteiger charge is 2.07. The highest BCUT2D eigenvalue weighted by Crippen LogP contribution is 2.31. The Morgan fingerprint density at radius 1 is 1.37 bits per heavy atom. The van der Waals surface area contributed by atoms with Gasteiger partial charge in [0.15, 0.2) is 0 Å². The molecule has 1 atom stereocenters. The lowest BCUT2D eigenvalue weighted by Crippen LogP contribution is -2.10. The number of hydrogen-bond donors (Lipinski definition) is 1. The maximum atomic E-state index is 6.09. The molecule has 2 aromatic rings. The lowest BCUT2D eigenvalue weighted by Gasteiger charge is -2.10. The van der Waals surface area contributed by atoms with E-state index in [9.17, 15) is 0 Å². The van der Waals surface area contributed by atoms with Crippen LogP contribution in [0.4, 0.5) is 0 Å². The molecule has 2 N–H and O–H groups in total. The van der Waals surface area contributed by atoms with Gasteiger partial charge in [0, 0.05) is 10.5 Å². The number of benzene rings is 1. The monoisotopic (exact) mass is 340 g/mol. The second-order valence-electron chi connectivity index (χ2n) is 4.11. The number of rotatable bonds is 4. The van der Waals surface area contributed by atoms with E-state index in [2.05, 4.69) is 20.9 Å². The average Bonchev–Trinajstić information content (AvgIpc) is 2.42. The van der Waals surface area contributed by atoms with E-state index in [-0.39, 0.29) is 6.04 Å². The number of halogens is 2. The molecule has 1 unspecified atom stereocenters. The molecule has 0 spiro atoms. The molecule has 2 rings (SSSR count). The van der Waals surface area contributed by atoms with Crippen LogP contribution in [-0.2, 0) is 0 Å². The summed E-state index contributed by atoms with van der Waals surface area (Å²) in [7, 11) is 0. The molecule has 0 amide bonds. The molecule has 0 aliphatic rings. The van der Waals surface area contributed by atoms with Crippen LogP contribution in [-0.4, -0.2) is 4.98 Å². The van der Waals surface area contributed by atoms with Crippen molar-refractivity contribution in [2.24, 2.45) is 5.73 Å². The summed E-state index contributed by atoms with van der Waals surface area (Å²) >= 11 is 9.44. The maximum absolute atomic E-state index is 6.09. The van der Waals surface area contributed by atoms with Crippen molar-refractivity contribution in [2.45, 2.75) is 19.4 Å². The number of ether oxygens (including phenoxy) is 1. The normalized spacial score (nSPS) is 12.2. The molecule has 5 heteroatoms. The Kier molecular flexibility index (Phi) is 4.80. The Morgan fingerprint density at radius 2 is 2.16 bits per heavy atom. The van der Waals surface area contributed by atoms with Crippen molar-refractivity contribution >= 4 is 27.5 Å². The van der Waals surface area contributed by atoms with Gasteiger partial charge in [-0.3, -0.25) is 4.98 Å². The van der Waals surface area contributed by atoms with Gasteiger partial charge in [-0.15, -0.1) is 0 Å². The van der Waals surface area contributed by atoms with E-state index in [1.807, 2.05) is 25.1 Å². The first-order valence-electron chi connectivity index (χ1n) is 5.94. The Morgan fingerprint density at radius 3 is 2.74 bits per heavy atom. The Bertz CT molecular complexity index is 560. The molecule has 1 aromatic carbocycles. The number of nitrogens with two attached hydrogens (primary N) is 1. The fraction of sp³-hybridized carbons (Fsp3) is 0.214. The van der Waals surface area contributed by atoms with Gasteiger partial charge in [0.1, 0.15) is 11.5 Å². The molecule has 100 valence electrons. The van der Waals surface area contributed by atoms with Gasteiger partial charge in [0.05, 0.1) is 16.9 Å². The van der Waals surface area contributed by atoms with Gasteiger partial charge in [0.2, 0.25) is 0 Å². The predicted octanol–water partition coefficient (Wildman–Crippen LogP) is 4.70. The van der Waals surface area contributed by atoms with Crippen LogP contribution < -0.4 is 10.5 Å². The molecular weight excluding hydrogens is 328 g/mol. The van der Waals surface area contributed by atoms with Crippen LogP contribution in [0.25, 0.3) is 0 Å². The molecule has 0 aliphatic carbocycles. The molecule has 0 aliphatic heterocycles. The summed E-state index contributed by atoms with van der Waals surface area (Å²) in [6.45, 7) is 2.03. The molecule has 0 saturated heterocycles. The highest BCUT2D eigenvalue weighted by molar-refractivity contribution is 9.10. The van der Waals surface area contributed by atoms with E-state index in [0.717, 1.165) is 16.6 Å². The summed E-state index contributed by atoms with van der Waals surface area (Å²) in [5.41, 5.74) is 6.77. The number of pyridine rings is 1. The van der Waals surface area contributed by atoms with Crippen LogP contribution in [0.1, 0.15) is 25.1 Å². The molecule has 0 fully saturated rings. The second kappa shape index (κ2) is 6.37. The van der Waals surface area contributed by atoms with E-state index >= 15 is 0 Å². The third kappa shape index (κ3) is 3.69. The van der Waals surface area contributed by atoms with Crippen LogP contribution in [0.15, 0.2) is 41.0 Å². The summed E-state index contributed by atoms with van der Waals surface area (Å²) in [4.78, 5) is 4.29. The molecule has 0 saturated carbocycles. The molecule has 0 bridgehead atoms. The van der Waals surface area contributed by atoms with Crippen molar-refractivity contribution in [2.75, 3.05) is 0 Å². The van der Waals surface area contributed by atoms with Gasteiger partial charge in [-0.05, 0) is 36.8 Å². The van der Waals surface area contributed by atoms with Crippen molar-refractivity contribution in [1.82, 2.24) is 4.98 Å². The largest absolute Gasteiger partial charge is 0.454 e. The van der Waals surface area contributed by atoms with E-state index < -0.39 is 0 Å². The van der Waals surface area contributed by atoms with Gasteiger partial charge in [0.25, 0.3) is 0 Å². The standard InChI is InChI=1S/C14H14BrClN2O/c1-2-12(17)13-5-4-10(8-18-13)19-14-6-3-9(15)7-11(14)16/h3-8,12H,2,17H2,1H3. The zero-order chi connectivity index (χ0) is 13.8. The SMILES string of the molecule is CCC(N)c1ccc(Oc2ccc(Br)cc2Cl)cn1. The van der Waals surface area contributed by atoms with Crippen LogP contribution >= 0.6 is 27.5 Å². The molecule has 1 aromatic heterocycles. The van der Waals surface area contributed by atoms with Crippen LogP contribution in [0.5, 0.6) is 11.5 Å². The molecule has 19 heavy (non-hydrogen) atoms. The van der Waals surface area contributed by atoms with Gasteiger partial charge in [-0.2, -0.15) is 0 Å². The first-order valence-corrected chi connectivity index (χ1v) is 7.11.